The number of amides is 1. The summed E-state index contributed by atoms with van der Waals surface area (Å²) in [6.45, 7) is 1.56. The van der Waals surface area contributed by atoms with Gasteiger partial charge in [0.1, 0.15) is 11.6 Å². The number of fused-ring (bicyclic) bond motifs is 2. The summed E-state index contributed by atoms with van der Waals surface area (Å²) < 4.78 is 51.4. The zero-order valence-electron chi connectivity index (χ0n) is 25.7. The van der Waals surface area contributed by atoms with Crippen LogP contribution in [-0.2, 0) is 21.4 Å². The maximum Gasteiger partial charge on any atom is 0.289 e. The Morgan fingerprint density at radius 3 is 2.62 bits per heavy atom. The predicted octanol–water partition coefficient (Wildman–Crippen LogP) is 4.13. The van der Waals surface area contributed by atoms with E-state index in [0.29, 0.717) is 59.5 Å². The van der Waals surface area contributed by atoms with Gasteiger partial charge in [0.2, 0.25) is 10.0 Å². The van der Waals surface area contributed by atoms with Crippen LogP contribution in [0.1, 0.15) is 31.2 Å². The molecule has 2 aromatic heterocycles. The van der Waals surface area contributed by atoms with Gasteiger partial charge >= 0.3 is 0 Å². The van der Waals surface area contributed by atoms with E-state index in [-0.39, 0.29) is 31.0 Å². The number of nitro benzene ring substituents is 1. The van der Waals surface area contributed by atoms with Gasteiger partial charge in [-0.1, -0.05) is 12.1 Å². The van der Waals surface area contributed by atoms with Gasteiger partial charge in [0.15, 0.2) is 23.1 Å². The Morgan fingerprint density at radius 2 is 1.87 bits per heavy atom. The molecule has 1 fully saturated rings. The SMILES string of the molecule is Cc1cc(=O)n(CC(NS(=O)(=O)c2ccccc2[N+](=O)[O-])C2CCC(N(C)c3ccc4c(n3)NC(=O)CO4)CC2)c2cc(F)ccc12. The molecule has 1 amide bonds. The van der Waals surface area contributed by atoms with E-state index in [0.717, 1.165) is 6.07 Å². The maximum atomic E-state index is 14.4. The Kier molecular flexibility index (Phi) is 8.68. The Bertz CT molecular complexity index is 2050. The fraction of sp³-hybridized carbons (Fsp3) is 0.344. The average molecular weight is 665 g/mol. The summed E-state index contributed by atoms with van der Waals surface area (Å²) in [6, 6.07) is 13.4. The number of nitro groups is 1. The first-order valence-corrected chi connectivity index (χ1v) is 16.6. The minimum Gasteiger partial charge on any atom is -0.480 e. The lowest BCUT2D eigenvalue weighted by Gasteiger charge is -2.38. The molecular formula is C32H33FN6O7S. The summed E-state index contributed by atoms with van der Waals surface area (Å²) in [7, 11) is -2.53. The van der Waals surface area contributed by atoms with E-state index in [4.69, 9.17) is 4.74 Å². The number of sulfonamides is 1. The third-order valence-corrected chi connectivity index (χ3v) is 10.5. The third-order valence-electron chi connectivity index (χ3n) is 9.00. The van der Waals surface area contributed by atoms with Gasteiger partial charge in [-0.3, -0.25) is 19.7 Å². The number of benzene rings is 2. The molecule has 246 valence electrons. The Hall–Kier alpha value is -4.89. The summed E-state index contributed by atoms with van der Waals surface area (Å²) in [5.74, 6) is 0.361. The fourth-order valence-electron chi connectivity index (χ4n) is 6.52. The van der Waals surface area contributed by atoms with Crippen LogP contribution in [-0.4, -0.2) is 54.5 Å². The average Bonchev–Trinajstić information content (AvgIpc) is 3.05. The molecule has 2 N–H and O–H groups in total. The van der Waals surface area contributed by atoms with Crippen molar-refractivity contribution >= 4 is 44.2 Å². The van der Waals surface area contributed by atoms with Gasteiger partial charge in [0, 0.05) is 43.2 Å². The summed E-state index contributed by atoms with van der Waals surface area (Å²) in [6.07, 6.45) is 2.39. The highest BCUT2D eigenvalue weighted by Crippen LogP contribution is 2.35. The van der Waals surface area contributed by atoms with E-state index in [2.05, 4.69) is 15.0 Å². The summed E-state index contributed by atoms with van der Waals surface area (Å²) >= 11 is 0. The molecule has 6 rings (SSSR count). The molecular weight excluding hydrogens is 631 g/mol. The van der Waals surface area contributed by atoms with E-state index >= 15 is 0 Å². The van der Waals surface area contributed by atoms with Crippen LogP contribution in [0.5, 0.6) is 5.75 Å². The van der Waals surface area contributed by atoms with Crippen LogP contribution in [0.4, 0.5) is 21.7 Å². The molecule has 13 nitrogen and oxygen atoms in total. The van der Waals surface area contributed by atoms with Gasteiger partial charge in [-0.05, 0) is 80.5 Å². The number of ether oxygens (including phenoxy) is 1. The lowest BCUT2D eigenvalue weighted by molar-refractivity contribution is -0.387. The summed E-state index contributed by atoms with van der Waals surface area (Å²) in [4.78, 5) is 42.1. The van der Waals surface area contributed by atoms with Crippen molar-refractivity contribution < 1.29 is 27.3 Å². The van der Waals surface area contributed by atoms with E-state index < -0.39 is 42.9 Å². The monoisotopic (exact) mass is 664 g/mol. The predicted molar refractivity (Wildman–Crippen MR) is 173 cm³/mol. The topological polar surface area (TPSA) is 166 Å². The maximum absolute atomic E-state index is 14.4. The fourth-order valence-corrected chi connectivity index (χ4v) is 7.98. The Labute approximate surface area is 269 Å². The third kappa shape index (κ3) is 6.53. The Morgan fingerprint density at radius 1 is 1.13 bits per heavy atom. The molecule has 3 heterocycles. The van der Waals surface area contributed by atoms with Crippen LogP contribution < -0.4 is 25.2 Å². The molecule has 1 atom stereocenters. The van der Waals surface area contributed by atoms with Crippen LogP contribution in [0, 0.1) is 28.8 Å². The second-order valence-corrected chi connectivity index (χ2v) is 13.6. The number of nitrogens with one attached hydrogen (secondary N) is 2. The lowest BCUT2D eigenvalue weighted by atomic mass is 9.81. The van der Waals surface area contributed by atoms with Gasteiger partial charge in [0.05, 0.1) is 10.4 Å². The minimum atomic E-state index is -4.42. The number of carbonyl (C=O) groups excluding carboxylic acids is 1. The second-order valence-electron chi connectivity index (χ2n) is 11.9. The number of hydrogen-bond donors (Lipinski definition) is 2. The first-order chi connectivity index (χ1) is 22.4. The van der Waals surface area contributed by atoms with Crippen molar-refractivity contribution in [1.29, 1.82) is 0 Å². The van der Waals surface area contributed by atoms with Crippen LogP contribution in [0.25, 0.3) is 10.9 Å². The van der Waals surface area contributed by atoms with Crippen molar-refractivity contribution in [3.63, 3.8) is 0 Å². The number of para-hydroxylation sites is 1. The van der Waals surface area contributed by atoms with Crippen LogP contribution >= 0.6 is 0 Å². The molecule has 1 aliphatic carbocycles. The standard InChI is InChI=1S/C32H33FN6O7S/c1-19-15-31(41)38(26-16-21(33)9-12-23(19)26)17-24(36-47(44,45)28-6-4-3-5-25(28)39(42)43)20-7-10-22(11-8-20)37(2)29-14-13-27-32(34-29)35-30(40)18-46-27/h3-6,9,12-16,20,22,24,36H,7-8,10-11,17-18H2,1-2H3,(H,34,35,40). The first kappa shape index (κ1) is 32.1. The molecule has 15 heteroatoms. The molecule has 1 aliphatic heterocycles. The van der Waals surface area contributed by atoms with E-state index in [1.165, 1.54) is 41.0 Å². The van der Waals surface area contributed by atoms with Crippen molar-refractivity contribution in [2.45, 2.75) is 56.1 Å². The van der Waals surface area contributed by atoms with Crippen LogP contribution in [0.3, 0.4) is 0 Å². The van der Waals surface area contributed by atoms with Crippen molar-refractivity contribution in [1.82, 2.24) is 14.3 Å². The molecule has 47 heavy (non-hydrogen) atoms. The second kappa shape index (κ2) is 12.7. The number of nitrogens with zero attached hydrogens (tertiary/aromatic N) is 4. The summed E-state index contributed by atoms with van der Waals surface area (Å²) in [5, 5.41) is 15.1. The normalized spacial score (nSPS) is 18.6. The number of hydrogen-bond acceptors (Lipinski definition) is 9. The zero-order chi connectivity index (χ0) is 33.5. The van der Waals surface area contributed by atoms with Crippen molar-refractivity contribution in [2.24, 2.45) is 5.92 Å². The van der Waals surface area contributed by atoms with Crippen molar-refractivity contribution in [3.8, 4) is 5.75 Å². The number of pyridine rings is 2. The highest BCUT2D eigenvalue weighted by Gasteiger charge is 2.35. The van der Waals surface area contributed by atoms with Gasteiger partial charge in [-0.2, -0.15) is 0 Å². The highest BCUT2D eigenvalue weighted by molar-refractivity contribution is 7.89. The molecule has 1 unspecified atom stereocenters. The molecule has 2 aromatic carbocycles. The molecule has 0 saturated heterocycles. The highest BCUT2D eigenvalue weighted by atomic mass is 32.2. The van der Waals surface area contributed by atoms with Gasteiger partial charge < -0.3 is 19.5 Å². The van der Waals surface area contributed by atoms with Crippen LogP contribution in [0.2, 0.25) is 0 Å². The number of halogens is 1. The molecule has 0 radical (unpaired) electrons. The lowest BCUT2D eigenvalue weighted by Crippen LogP contribution is -2.47. The molecule has 2 aliphatic rings. The molecule has 0 bridgehead atoms. The largest absolute Gasteiger partial charge is 0.480 e. The number of aryl methyl sites for hydroxylation is 1. The molecule has 1 saturated carbocycles. The minimum absolute atomic E-state index is 0.0292. The van der Waals surface area contributed by atoms with Crippen molar-refractivity contribution in [3.05, 3.63) is 92.5 Å². The van der Waals surface area contributed by atoms with Gasteiger partial charge in [0.25, 0.3) is 17.2 Å². The number of rotatable bonds is 9. The molecule has 4 aromatic rings. The number of carbonyl (C=O) groups is 1. The van der Waals surface area contributed by atoms with Gasteiger partial charge in [-0.15, -0.1) is 0 Å². The van der Waals surface area contributed by atoms with Crippen LogP contribution in [0.15, 0.2) is 70.4 Å². The van der Waals surface area contributed by atoms with E-state index in [1.807, 2.05) is 11.9 Å². The smallest absolute Gasteiger partial charge is 0.289 e. The quantitative estimate of drug-likeness (QED) is 0.198. The zero-order valence-corrected chi connectivity index (χ0v) is 26.5. The summed E-state index contributed by atoms with van der Waals surface area (Å²) in [5.41, 5.74) is -0.00155. The Balaban J connectivity index is 1.30. The van der Waals surface area contributed by atoms with Crippen molar-refractivity contribution in [2.75, 3.05) is 23.9 Å². The van der Waals surface area contributed by atoms with E-state index in [9.17, 15) is 32.5 Å². The number of aromatic nitrogens is 2. The van der Waals surface area contributed by atoms with Gasteiger partial charge in [-0.25, -0.2) is 22.5 Å². The number of anilines is 2. The molecule has 0 spiro atoms. The first-order valence-electron chi connectivity index (χ1n) is 15.1. The van der Waals surface area contributed by atoms with E-state index in [1.54, 1.807) is 25.1 Å².